The van der Waals surface area contributed by atoms with Gasteiger partial charge in [0.25, 0.3) is 5.91 Å². The van der Waals surface area contributed by atoms with Gasteiger partial charge in [-0.25, -0.2) is 9.37 Å². The Kier molecular flexibility index (Phi) is 5.56. The highest BCUT2D eigenvalue weighted by molar-refractivity contribution is 6.33. The van der Waals surface area contributed by atoms with Crippen LogP contribution < -0.4 is 10.6 Å². The molecule has 0 bridgehead atoms. The minimum Gasteiger partial charge on any atom is -0.375 e. The minimum atomic E-state index is -0.503. The molecule has 1 aromatic heterocycles. The van der Waals surface area contributed by atoms with E-state index >= 15 is 0 Å². The smallest absolute Gasteiger partial charge is 0.255 e. The summed E-state index contributed by atoms with van der Waals surface area (Å²) in [5.41, 5.74) is 3.00. The summed E-state index contributed by atoms with van der Waals surface area (Å²) < 4.78 is 16.0. The Hall–Kier alpha value is -3.89. The van der Waals surface area contributed by atoms with Gasteiger partial charge in [-0.3, -0.25) is 4.79 Å². The first-order valence-electron chi connectivity index (χ1n) is 9.41. The number of fused-ring (bicyclic) bond motifs is 1. The lowest BCUT2D eigenvalue weighted by Crippen LogP contribution is -2.12. The van der Waals surface area contributed by atoms with Gasteiger partial charge in [0.2, 0.25) is 0 Å². The highest BCUT2D eigenvalue weighted by Crippen LogP contribution is 2.23. The van der Waals surface area contributed by atoms with Gasteiger partial charge in [0.15, 0.2) is 0 Å². The molecule has 4 aromatic rings. The van der Waals surface area contributed by atoms with Gasteiger partial charge in [-0.1, -0.05) is 23.7 Å². The molecule has 0 atom stereocenters. The van der Waals surface area contributed by atoms with Gasteiger partial charge < -0.3 is 15.2 Å². The van der Waals surface area contributed by atoms with E-state index in [9.17, 15) is 9.18 Å². The fourth-order valence-electron chi connectivity index (χ4n) is 3.21. The minimum absolute atomic E-state index is 0.258. The number of hydrogen-bond acceptors (Lipinski definition) is 4. The van der Waals surface area contributed by atoms with Crippen LogP contribution in [0.25, 0.3) is 11.0 Å². The molecule has 0 saturated heterocycles. The van der Waals surface area contributed by atoms with Crippen LogP contribution in [0.15, 0.2) is 60.7 Å². The fourth-order valence-corrected chi connectivity index (χ4v) is 3.39. The van der Waals surface area contributed by atoms with Gasteiger partial charge in [0.05, 0.1) is 45.6 Å². The molecule has 4 rings (SSSR count). The second kappa shape index (κ2) is 8.46. The molecule has 31 heavy (non-hydrogen) atoms. The number of benzene rings is 3. The van der Waals surface area contributed by atoms with E-state index in [0.717, 1.165) is 5.52 Å². The Morgan fingerprint density at radius 2 is 1.97 bits per heavy atom. The third kappa shape index (κ3) is 4.20. The lowest BCUT2D eigenvalue weighted by atomic mass is 10.2. The van der Waals surface area contributed by atoms with Gasteiger partial charge in [-0.15, -0.1) is 0 Å². The summed E-state index contributed by atoms with van der Waals surface area (Å²) in [7, 11) is 1.85. The lowest BCUT2D eigenvalue weighted by Gasteiger charge is -2.08. The number of anilines is 2. The number of nitrogens with zero attached hydrogens (tertiary/aromatic N) is 3. The molecule has 3 aromatic carbocycles. The number of aryl methyl sites for hydroxylation is 1. The normalized spacial score (nSPS) is 10.6. The number of nitrogens with one attached hydrogen (secondary N) is 2. The predicted molar refractivity (Wildman–Crippen MR) is 119 cm³/mol. The summed E-state index contributed by atoms with van der Waals surface area (Å²) in [4.78, 5) is 17.2. The van der Waals surface area contributed by atoms with Crippen LogP contribution in [-0.2, 0) is 13.6 Å². The van der Waals surface area contributed by atoms with Crippen LogP contribution in [0.3, 0.4) is 0 Å². The van der Waals surface area contributed by atoms with Crippen molar-refractivity contribution in [3.05, 3.63) is 88.5 Å². The maximum atomic E-state index is 14.1. The van der Waals surface area contributed by atoms with E-state index in [2.05, 4.69) is 15.6 Å². The van der Waals surface area contributed by atoms with Gasteiger partial charge in [-0.2, -0.15) is 5.26 Å². The van der Waals surface area contributed by atoms with Crippen molar-refractivity contribution < 1.29 is 9.18 Å². The molecule has 0 aliphatic heterocycles. The van der Waals surface area contributed by atoms with E-state index in [0.29, 0.717) is 27.6 Å². The van der Waals surface area contributed by atoms with Crippen molar-refractivity contribution in [2.75, 3.05) is 10.6 Å². The molecule has 0 spiro atoms. The molecule has 0 unspecified atom stereocenters. The van der Waals surface area contributed by atoms with Crippen molar-refractivity contribution in [3.8, 4) is 6.07 Å². The fraction of sp³-hybridized carbons (Fsp3) is 0.0870. The second-order valence-corrected chi connectivity index (χ2v) is 7.29. The van der Waals surface area contributed by atoms with Crippen molar-refractivity contribution in [2.45, 2.75) is 6.54 Å². The van der Waals surface area contributed by atoms with Gasteiger partial charge in [-0.05, 0) is 48.5 Å². The van der Waals surface area contributed by atoms with Crippen LogP contribution in [0, 0.1) is 17.1 Å². The third-order valence-electron chi connectivity index (χ3n) is 4.89. The number of para-hydroxylation sites is 1. The van der Waals surface area contributed by atoms with Crippen LogP contribution >= 0.6 is 11.6 Å². The molecular weight excluding hydrogens is 417 g/mol. The molecule has 0 fully saturated rings. The molecule has 1 heterocycles. The summed E-state index contributed by atoms with van der Waals surface area (Å²) >= 11 is 6.11. The zero-order chi connectivity index (χ0) is 22.0. The number of nitriles is 1. The van der Waals surface area contributed by atoms with Crippen molar-refractivity contribution >= 4 is 39.9 Å². The van der Waals surface area contributed by atoms with E-state index in [1.54, 1.807) is 42.5 Å². The van der Waals surface area contributed by atoms with Crippen molar-refractivity contribution in [2.24, 2.45) is 7.05 Å². The molecular formula is C23H17ClFN5O. The van der Waals surface area contributed by atoms with Crippen LogP contribution in [0.2, 0.25) is 5.02 Å². The highest BCUT2D eigenvalue weighted by atomic mass is 35.5. The van der Waals surface area contributed by atoms with Gasteiger partial charge in [0, 0.05) is 12.6 Å². The Morgan fingerprint density at radius 1 is 1.16 bits per heavy atom. The molecule has 8 heteroatoms. The van der Waals surface area contributed by atoms with Crippen LogP contribution in [0.5, 0.6) is 0 Å². The second-order valence-electron chi connectivity index (χ2n) is 6.88. The van der Waals surface area contributed by atoms with Crippen molar-refractivity contribution in [3.63, 3.8) is 0 Å². The first kappa shape index (κ1) is 20.4. The van der Waals surface area contributed by atoms with Crippen LogP contribution in [-0.4, -0.2) is 15.5 Å². The number of rotatable bonds is 5. The molecule has 0 saturated carbocycles. The first-order chi connectivity index (χ1) is 15.0. The molecule has 154 valence electrons. The van der Waals surface area contributed by atoms with Crippen molar-refractivity contribution in [1.82, 2.24) is 9.55 Å². The van der Waals surface area contributed by atoms with Crippen LogP contribution in [0.4, 0.5) is 15.8 Å². The van der Waals surface area contributed by atoms with Crippen molar-refractivity contribution in [1.29, 1.82) is 5.26 Å². The van der Waals surface area contributed by atoms with E-state index in [1.807, 2.05) is 23.8 Å². The average Bonchev–Trinajstić information content (AvgIpc) is 3.09. The SMILES string of the molecule is Cn1c(CNc2ccc(C#N)cc2F)nc2cc(C(=O)Nc3ccccc3Cl)ccc21. The van der Waals surface area contributed by atoms with E-state index in [-0.39, 0.29) is 23.7 Å². The monoisotopic (exact) mass is 433 g/mol. The molecule has 1 amide bonds. The van der Waals surface area contributed by atoms with Gasteiger partial charge in [0.1, 0.15) is 11.6 Å². The maximum absolute atomic E-state index is 14.1. The number of aromatic nitrogens is 2. The highest BCUT2D eigenvalue weighted by Gasteiger charge is 2.13. The Balaban J connectivity index is 1.54. The van der Waals surface area contributed by atoms with E-state index < -0.39 is 5.82 Å². The zero-order valence-electron chi connectivity index (χ0n) is 16.5. The Labute approximate surface area is 182 Å². The molecule has 2 N–H and O–H groups in total. The Bertz CT molecular complexity index is 1340. The number of hydrogen-bond donors (Lipinski definition) is 2. The first-order valence-corrected chi connectivity index (χ1v) is 9.79. The largest absolute Gasteiger partial charge is 0.375 e. The summed E-state index contributed by atoms with van der Waals surface area (Å²) in [6.45, 7) is 0.273. The maximum Gasteiger partial charge on any atom is 0.255 e. The predicted octanol–water partition coefficient (Wildman–Crippen LogP) is 5.10. The quantitative estimate of drug-likeness (QED) is 0.458. The summed E-state index contributed by atoms with van der Waals surface area (Å²) in [6, 6.07) is 18.4. The number of halogens is 2. The summed E-state index contributed by atoms with van der Waals surface area (Å²) in [5, 5.41) is 15.1. The molecule has 0 radical (unpaired) electrons. The summed E-state index contributed by atoms with van der Waals surface area (Å²) in [6.07, 6.45) is 0. The summed E-state index contributed by atoms with van der Waals surface area (Å²) in [5.74, 6) is -0.126. The average molecular weight is 434 g/mol. The standard InChI is InChI=1S/C23H17ClFN5O/c1-30-21-9-7-15(23(31)29-18-5-3-2-4-16(18)24)11-20(21)28-22(30)13-27-19-8-6-14(12-26)10-17(19)25/h2-11,27H,13H2,1H3,(H,29,31). The van der Waals surface area contributed by atoms with E-state index in [1.165, 1.54) is 12.1 Å². The molecule has 0 aliphatic carbocycles. The third-order valence-corrected chi connectivity index (χ3v) is 5.22. The number of imidazole rings is 1. The number of carbonyl (C=O) groups excluding carboxylic acids is 1. The molecule has 0 aliphatic rings. The zero-order valence-corrected chi connectivity index (χ0v) is 17.2. The number of carbonyl (C=O) groups is 1. The van der Waals surface area contributed by atoms with Crippen LogP contribution in [0.1, 0.15) is 21.7 Å². The topological polar surface area (TPSA) is 82.7 Å². The van der Waals surface area contributed by atoms with Gasteiger partial charge >= 0.3 is 0 Å². The molecule has 6 nitrogen and oxygen atoms in total. The van der Waals surface area contributed by atoms with E-state index in [4.69, 9.17) is 16.9 Å². The number of amides is 1. The Morgan fingerprint density at radius 3 is 2.71 bits per heavy atom. The lowest BCUT2D eigenvalue weighted by molar-refractivity contribution is 0.102.